The van der Waals surface area contributed by atoms with Crippen LogP contribution in [0.15, 0.2) is 197 Å². The van der Waals surface area contributed by atoms with Gasteiger partial charge in [0.1, 0.15) is 22.3 Å². The highest BCUT2D eigenvalue weighted by atomic mass is 32.1. The number of hydrogen-bond donors (Lipinski definition) is 0. The molecular weight excluding hydrogens is 727 g/mol. The second-order valence-electron chi connectivity index (χ2n) is 15.2. The summed E-state index contributed by atoms with van der Waals surface area (Å²) in [6, 6.07) is 67.9. The van der Waals surface area contributed by atoms with E-state index >= 15 is 0 Å². The first-order valence-electron chi connectivity index (χ1n) is 19.7. The monoisotopic (exact) mass is 757 g/mol. The van der Waals surface area contributed by atoms with Crippen LogP contribution in [0.4, 0.5) is 0 Å². The van der Waals surface area contributed by atoms with Crippen molar-refractivity contribution in [3.8, 4) is 39.1 Å². The Kier molecular flexibility index (Phi) is 6.60. The van der Waals surface area contributed by atoms with Crippen LogP contribution < -0.4 is 0 Å². The predicted molar refractivity (Wildman–Crippen MR) is 245 cm³/mol. The fourth-order valence-electron chi connectivity index (χ4n) is 9.36. The van der Waals surface area contributed by atoms with Gasteiger partial charge in [0.05, 0.1) is 11.0 Å². The average molecular weight is 758 g/mol. The normalized spacial score (nSPS) is 12.1. The number of nitrogens with zero attached hydrogens (tertiary/aromatic N) is 1. The number of furan rings is 2. The first kappa shape index (κ1) is 31.8. The molecule has 0 bridgehead atoms. The van der Waals surface area contributed by atoms with E-state index in [1.54, 1.807) is 0 Å². The van der Waals surface area contributed by atoms with Gasteiger partial charge in [0.2, 0.25) is 0 Å². The maximum Gasteiger partial charge on any atom is 0.136 e. The summed E-state index contributed by atoms with van der Waals surface area (Å²) >= 11 is 1.86. The van der Waals surface area contributed by atoms with E-state index in [1.807, 2.05) is 35.6 Å². The molecule has 0 N–H and O–H groups in total. The molecule has 4 aromatic heterocycles. The van der Waals surface area contributed by atoms with Crippen molar-refractivity contribution in [2.24, 2.45) is 0 Å². The molecular formula is C54H31NO2S. The van der Waals surface area contributed by atoms with E-state index in [-0.39, 0.29) is 0 Å². The van der Waals surface area contributed by atoms with Gasteiger partial charge in [-0.15, -0.1) is 11.3 Å². The van der Waals surface area contributed by atoms with E-state index in [9.17, 15) is 0 Å². The highest BCUT2D eigenvalue weighted by Gasteiger charge is 2.21. The Morgan fingerprint density at radius 3 is 1.45 bits per heavy atom. The summed E-state index contributed by atoms with van der Waals surface area (Å²) in [6.07, 6.45) is 0. The van der Waals surface area contributed by atoms with Crippen molar-refractivity contribution in [1.29, 1.82) is 0 Å². The van der Waals surface area contributed by atoms with Crippen LogP contribution in [-0.2, 0) is 0 Å². The molecule has 270 valence electrons. The summed E-state index contributed by atoms with van der Waals surface area (Å²) in [5, 5.41) is 9.55. The lowest BCUT2D eigenvalue weighted by Gasteiger charge is -2.10. The minimum Gasteiger partial charge on any atom is -0.456 e. The summed E-state index contributed by atoms with van der Waals surface area (Å²) in [5.74, 6) is 0. The van der Waals surface area contributed by atoms with Crippen LogP contribution in [0.2, 0.25) is 0 Å². The molecule has 13 rings (SSSR count). The molecule has 0 unspecified atom stereocenters. The zero-order valence-electron chi connectivity index (χ0n) is 31.1. The third-order valence-electron chi connectivity index (χ3n) is 12.0. The SMILES string of the molecule is c1ccc2c(c1)oc1cc(-c3cccc4c3c3c(-c5ccc6c(c5)oc5ccccc56)cccc3n4-c3ccc(-c4ccc5sc6ccccc6c5c4)cc3)ccc12. The zero-order valence-corrected chi connectivity index (χ0v) is 31.9. The van der Waals surface area contributed by atoms with Crippen LogP contribution in [-0.4, -0.2) is 4.57 Å². The summed E-state index contributed by atoms with van der Waals surface area (Å²) in [7, 11) is 0. The first-order chi connectivity index (χ1) is 28.7. The Balaban J connectivity index is 1.03. The Morgan fingerprint density at radius 1 is 0.328 bits per heavy atom. The summed E-state index contributed by atoms with van der Waals surface area (Å²) < 4.78 is 17.9. The molecule has 0 saturated carbocycles. The molecule has 0 atom stereocenters. The van der Waals surface area contributed by atoms with Gasteiger partial charge < -0.3 is 13.4 Å². The Bertz CT molecular complexity index is 3630. The van der Waals surface area contributed by atoms with Gasteiger partial charge >= 0.3 is 0 Å². The van der Waals surface area contributed by atoms with Gasteiger partial charge in [-0.2, -0.15) is 0 Å². The van der Waals surface area contributed by atoms with Crippen molar-refractivity contribution in [3.05, 3.63) is 188 Å². The fourth-order valence-corrected chi connectivity index (χ4v) is 10.4. The van der Waals surface area contributed by atoms with Gasteiger partial charge in [-0.25, -0.2) is 0 Å². The lowest BCUT2D eigenvalue weighted by molar-refractivity contribution is 0.668. The van der Waals surface area contributed by atoms with Crippen LogP contribution in [0, 0.1) is 0 Å². The highest BCUT2D eigenvalue weighted by Crippen LogP contribution is 2.45. The molecule has 3 nitrogen and oxygen atoms in total. The van der Waals surface area contributed by atoms with Gasteiger partial charge in [-0.3, -0.25) is 0 Å². The van der Waals surface area contributed by atoms with E-state index in [1.165, 1.54) is 42.1 Å². The summed E-state index contributed by atoms with van der Waals surface area (Å²) in [4.78, 5) is 0. The summed E-state index contributed by atoms with van der Waals surface area (Å²) in [5.41, 5.74) is 14.0. The van der Waals surface area contributed by atoms with Crippen molar-refractivity contribution in [2.75, 3.05) is 0 Å². The minimum atomic E-state index is 0.888. The van der Waals surface area contributed by atoms with E-state index in [0.717, 1.165) is 82.9 Å². The quantitative estimate of drug-likeness (QED) is 0.179. The van der Waals surface area contributed by atoms with Crippen LogP contribution in [0.5, 0.6) is 0 Å². The molecule has 0 amide bonds. The standard InChI is InChI=1S/C54H31NO2S/c1-4-16-47-39(9-1)41-26-21-34(30-49(41)56-47)37-12-7-14-45-53(37)54-38(35-22-27-42-40-10-2-5-17-48(40)57-50(42)31-35)13-8-15-46(54)55(45)36-24-19-32(20-25-36)33-23-28-52-44(29-33)43-11-3-6-18-51(43)58-52/h1-31H. The summed E-state index contributed by atoms with van der Waals surface area (Å²) in [6.45, 7) is 0. The van der Waals surface area contributed by atoms with Gasteiger partial charge in [0.25, 0.3) is 0 Å². The highest BCUT2D eigenvalue weighted by molar-refractivity contribution is 7.25. The number of hydrogen-bond acceptors (Lipinski definition) is 3. The molecule has 4 heterocycles. The lowest BCUT2D eigenvalue weighted by Crippen LogP contribution is -1.94. The van der Waals surface area contributed by atoms with Crippen molar-refractivity contribution in [3.63, 3.8) is 0 Å². The lowest BCUT2D eigenvalue weighted by atomic mass is 9.94. The number of aromatic nitrogens is 1. The zero-order chi connectivity index (χ0) is 37.9. The number of benzene rings is 9. The minimum absolute atomic E-state index is 0.888. The molecule has 58 heavy (non-hydrogen) atoms. The Hall–Kier alpha value is -7.40. The molecule has 0 spiro atoms. The topological polar surface area (TPSA) is 31.2 Å². The largest absolute Gasteiger partial charge is 0.456 e. The van der Waals surface area contributed by atoms with Crippen LogP contribution >= 0.6 is 11.3 Å². The number of para-hydroxylation sites is 2. The van der Waals surface area contributed by atoms with Crippen LogP contribution in [0.3, 0.4) is 0 Å². The first-order valence-corrected chi connectivity index (χ1v) is 20.5. The van der Waals surface area contributed by atoms with E-state index in [4.69, 9.17) is 8.83 Å². The molecule has 0 saturated heterocycles. The van der Waals surface area contributed by atoms with Crippen LogP contribution in [0.1, 0.15) is 0 Å². The maximum atomic E-state index is 6.42. The number of thiophene rings is 1. The van der Waals surface area contributed by atoms with Crippen molar-refractivity contribution in [2.45, 2.75) is 0 Å². The second-order valence-corrected chi connectivity index (χ2v) is 16.3. The number of fused-ring (bicyclic) bond motifs is 12. The predicted octanol–water partition coefficient (Wildman–Crippen LogP) is 16.0. The molecule has 4 heteroatoms. The average Bonchev–Trinajstić information content (AvgIpc) is 4.04. The molecule has 13 aromatic rings. The second kappa shape index (κ2) is 12.1. The van der Waals surface area contributed by atoms with Crippen molar-refractivity contribution >= 4 is 97.2 Å². The van der Waals surface area contributed by atoms with E-state index in [2.05, 4.69) is 168 Å². The Labute approximate surface area is 336 Å². The Morgan fingerprint density at radius 2 is 0.828 bits per heavy atom. The molecule has 0 aliphatic heterocycles. The molecule has 9 aromatic carbocycles. The van der Waals surface area contributed by atoms with Gasteiger partial charge in [-0.05, 0) is 112 Å². The molecule has 0 aliphatic rings. The van der Waals surface area contributed by atoms with Gasteiger partial charge in [0, 0.05) is 58.2 Å². The maximum absolute atomic E-state index is 6.42. The third kappa shape index (κ3) is 4.61. The van der Waals surface area contributed by atoms with E-state index < -0.39 is 0 Å². The third-order valence-corrected chi connectivity index (χ3v) is 13.2. The fraction of sp³-hybridized carbons (Fsp3) is 0. The van der Waals surface area contributed by atoms with E-state index in [0.29, 0.717) is 0 Å². The van der Waals surface area contributed by atoms with Gasteiger partial charge in [0.15, 0.2) is 0 Å². The molecule has 0 fully saturated rings. The van der Waals surface area contributed by atoms with Gasteiger partial charge in [-0.1, -0.05) is 109 Å². The van der Waals surface area contributed by atoms with Crippen molar-refractivity contribution < 1.29 is 8.83 Å². The van der Waals surface area contributed by atoms with Crippen LogP contribution in [0.25, 0.3) is 125 Å². The molecule has 0 radical (unpaired) electrons. The number of rotatable bonds is 4. The van der Waals surface area contributed by atoms with Crippen molar-refractivity contribution in [1.82, 2.24) is 4.57 Å². The molecule has 0 aliphatic carbocycles. The smallest absolute Gasteiger partial charge is 0.136 e.